The van der Waals surface area contributed by atoms with Crippen LogP contribution < -0.4 is 0 Å². The van der Waals surface area contributed by atoms with Crippen LogP contribution >= 0.6 is 12.0 Å². The van der Waals surface area contributed by atoms with Crippen molar-refractivity contribution < 1.29 is 18.5 Å². The molecule has 1 atom stereocenters. The molecule has 0 radical (unpaired) electrons. The van der Waals surface area contributed by atoms with Crippen LogP contribution in [-0.2, 0) is 24.9 Å². The third-order valence-corrected chi connectivity index (χ3v) is 4.32. The third-order valence-electron chi connectivity index (χ3n) is 3.71. The van der Waals surface area contributed by atoms with Crippen LogP contribution in [0.4, 0.5) is 0 Å². The van der Waals surface area contributed by atoms with Crippen molar-refractivity contribution in [1.82, 2.24) is 0 Å². The first-order valence-corrected chi connectivity index (χ1v) is 9.61. The smallest absolute Gasteiger partial charge is 0.335 e. The fourth-order valence-electron chi connectivity index (χ4n) is 2.66. The molecule has 0 heterocycles. The fourth-order valence-corrected chi connectivity index (χ4v) is 3.18. The van der Waals surface area contributed by atoms with Crippen LogP contribution in [-0.4, -0.2) is 31.4 Å². The molecule has 0 bridgehead atoms. The Morgan fingerprint density at radius 3 is 2.73 bits per heavy atom. The van der Waals surface area contributed by atoms with Gasteiger partial charge in [-0.05, 0) is 56.9 Å². The molecule has 1 aliphatic rings. The summed E-state index contributed by atoms with van der Waals surface area (Å²) in [6.45, 7) is 6.11. The number of carbonyl (C=O) groups excluding carboxylic acids is 1. The number of esters is 1. The maximum Gasteiger partial charge on any atom is 0.335 e. The Balaban J connectivity index is 2.04. The van der Waals surface area contributed by atoms with Crippen LogP contribution in [0.5, 0.6) is 0 Å². The van der Waals surface area contributed by atoms with Gasteiger partial charge in [-0.25, -0.2) is 4.79 Å². The number of rotatable bonds is 8. The molecule has 4 nitrogen and oxygen atoms in total. The molecule has 1 aromatic rings. The molecular weight excluding hydrogens is 348 g/mol. The summed E-state index contributed by atoms with van der Waals surface area (Å²) in [4.78, 5) is 13.6. The molecule has 142 valence electrons. The second-order valence-corrected chi connectivity index (χ2v) is 8.16. The average molecular weight is 377 g/mol. The number of benzene rings is 1. The zero-order valence-electron chi connectivity index (χ0n) is 16.0. The lowest BCUT2D eigenvalue weighted by atomic mass is 10.1. The fraction of sp³-hybridized carbons (Fsp3) is 0.476. The quantitative estimate of drug-likeness (QED) is 0.478. The molecule has 0 amide bonds. The Kier molecular flexibility index (Phi) is 7.94. The predicted molar refractivity (Wildman–Crippen MR) is 105 cm³/mol. The van der Waals surface area contributed by atoms with Crippen molar-refractivity contribution in [3.63, 3.8) is 0 Å². The van der Waals surface area contributed by atoms with E-state index in [0.717, 1.165) is 28.9 Å². The molecule has 2 rings (SSSR count). The van der Waals surface area contributed by atoms with Gasteiger partial charge in [0.2, 0.25) is 0 Å². The summed E-state index contributed by atoms with van der Waals surface area (Å²) >= 11 is 1.30. The van der Waals surface area contributed by atoms with E-state index >= 15 is 0 Å². The van der Waals surface area contributed by atoms with E-state index in [1.54, 1.807) is 7.11 Å². The van der Waals surface area contributed by atoms with Crippen molar-refractivity contribution in [2.45, 2.75) is 56.6 Å². The Hall–Kier alpha value is -1.56. The lowest BCUT2D eigenvalue weighted by Gasteiger charge is -2.26. The standard InChI is InChI=1S/C21H28O4S/c1-21(2,3)25-19(14-17-11-8-12-18(13-17)26-23-4)20(22)24-15-16-9-6-5-7-10-16/h6,8-13,19H,5,7,14-15H2,1-4H3. The van der Waals surface area contributed by atoms with Gasteiger partial charge in [-0.3, -0.25) is 0 Å². The zero-order chi connectivity index (χ0) is 19.0. The first kappa shape index (κ1) is 20.7. The van der Waals surface area contributed by atoms with Gasteiger partial charge in [0.05, 0.1) is 12.7 Å². The summed E-state index contributed by atoms with van der Waals surface area (Å²) in [7, 11) is 1.63. The van der Waals surface area contributed by atoms with Crippen LogP contribution in [0.25, 0.3) is 0 Å². The summed E-state index contributed by atoms with van der Waals surface area (Å²) < 4.78 is 16.6. The lowest BCUT2D eigenvalue weighted by Crippen LogP contribution is -2.36. The van der Waals surface area contributed by atoms with E-state index in [9.17, 15) is 4.79 Å². The Bertz CT molecular complexity index is 658. The monoisotopic (exact) mass is 376 g/mol. The van der Waals surface area contributed by atoms with Crippen molar-refractivity contribution >= 4 is 18.0 Å². The third kappa shape index (κ3) is 7.36. The molecular formula is C21H28O4S. The summed E-state index contributed by atoms with van der Waals surface area (Å²) in [6.07, 6.45) is 8.08. The number of hydrogen-bond donors (Lipinski definition) is 0. The van der Waals surface area contributed by atoms with E-state index < -0.39 is 11.7 Å². The first-order chi connectivity index (χ1) is 12.4. The number of hydrogen-bond acceptors (Lipinski definition) is 5. The molecule has 5 heteroatoms. The number of ether oxygens (including phenoxy) is 2. The minimum Gasteiger partial charge on any atom is -0.459 e. The van der Waals surface area contributed by atoms with E-state index in [4.69, 9.17) is 13.7 Å². The molecule has 0 fully saturated rings. The van der Waals surface area contributed by atoms with E-state index in [-0.39, 0.29) is 5.97 Å². The molecule has 0 aromatic heterocycles. The van der Waals surface area contributed by atoms with Crippen molar-refractivity contribution in [3.8, 4) is 0 Å². The molecule has 0 N–H and O–H groups in total. The number of carbonyl (C=O) groups is 1. The zero-order valence-corrected chi connectivity index (χ0v) is 16.8. The van der Waals surface area contributed by atoms with E-state index in [0.29, 0.717) is 13.0 Å². The first-order valence-electron chi connectivity index (χ1n) is 8.87. The van der Waals surface area contributed by atoms with Gasteiger partial charge in [-0.2, -0.15) is 0 Å². The highest BCUT2D eigenvalue weighted by molar-refractivity contribution is 7.94. The second kappa shape index (κ2) is 9.95. The van der Waals surface area contributed by atoms with Gasteiger partial charge in [0, 0.05) is 23.4 Å². The normalized spacial score (nSPS) is 15.5. The lowest BCUT2D eigenvalue weighted by molar-refractivity contribution is -0.165. The highest BCUT2D eigenvalue weighted by Crippen LogP contribution is 2.22. The van der Waals surface area contributed by atoms with Crippen LogP contribution in [0.3, 0.4) is 0 Å². The minimum atomic E-state index is -0.647. The van der Waals surface area contributed by atoms with Gasteiger partial charge >= 0.3 is 5.97 Å². The van der Waals surface area contributed by atoms with Gasteiger partial charge in [-0.15, -0.1) is 0 Å². The van der Waals surface area contributed by atoms with E-state index in [1.807, 2.05) is 51.1 Å². The SMILES string of the molecule is COSc1cccc(CC(OC(C)(C)C)C(=O)OCC2=CCCC=C2)c1. The summed E-state index contributed by atoms with van der Waals surface area (Å²) in [5, 5.41) is 0. The second-order valence-electron chi connectivity index (χ2n) is 7.19. The molecule has 1 aromatic carbocycles. The van der Waals surface area contributed by atoms with Crippen LogP contribution in [0, 0.1) is 0 Å². The predicted octanol–water partition coefficient (Wildman–Crippen LogP) is 4.89. The van der Waals surface area contributed by atoms with Crippen molar-refractivity contribution in [1.29, 1.82) is 0 Å². The van der Waals surface area contributed by atoms with Gasteiger partial charge in [0.25, 0.3) is 0 Å². The maximum atomic E-state index is 12.7. The molecule has 0 aliphatic heterocycles. The van der Waals surface area contributed by atoms with Gasteiger partial charge < -0.3 is 13.7 Å². The Morgan fingerprint density at radius 1 is 1.27 bits per heavy atom. The number of allylic oxidation sites excluding steroid dienone is 2. The van der Waals surface area contributed by atoms with Crippen LogP contribution in [0.1, 0.15) is 39.2 Å². The van der Waals surface area contributed by atoms with Gasteiger partial charge in [-0.1, -0.05) is 30.4 Å². The molecule has 0 saturated heterocycles. The van der Waals surface area contributed by atoms with Crippen LogP contribution in [0.2, 0.25) is 0 Å². The maximum absolute atomic E-state index is 12.7. The van der Waals surface area contributed by atoms with Crippen molar-refractivity contribution in [2.75, 3.05) is 13.7 Å². The highest BCUT2D eigenvalue weighted by atomic mass is 32.2. The minimum absolute atomic E-state index is 0.291. The molecule has 0 saturated carbocycles. The molecule has 0 spiro atoms. The largest absolute Gasteiger partial charge is 0.459 e. The van der Waals surface area contributed by atoms with Gasteiger partial charge in [0.1, 0.15) is 6.61 Å². The summed E-state index contributed by atoms with van der Waals surface area (Å²) in [5.41, 5.74) is 1.61. The van der Waals surface area contributed by atoms with Crippen LogP contribution in [0.15, 0.2) is 53.0 Å². The van der Waals surface area contributed by atoms with E-state index in [1.165, 1.54) is 12.0 Å². The summed E-state index contributed by atoms with van der Waals surface area (Å²) in [6, 6.07) is 7.91. The highest BCUT2D eigenvalue weighted by Gasteiger charge is 2.27. The van der Waals surface area contributed by atoms with Crippen molar-refractivity contribution in [3.05, 3.63) is 53.6 Å². The Morgan fingerprint density at radius 2 is 2.08 bits per heavy atom. The molecule has 26 heavy (non-hydrogen) atoms. The topological polar surface area (TPSA) is 44.8 Å². The molecule has 1 unspecified atom stereocenters. The van der Waals surface area contributed by atoms with Crippen molar-refractivity contribution in [2.24, 2.45) is 0 Å². The Labute approximate surface area is 160 Å². The van der Waals surface area contributed by atoms with Gasteiger partial charge in [0.15, 0.2) is 6.10 Å². The average Bonchev–Trinajstić information content (AvgIpc) is 2.59. The molecule has 1 aliphatic carbocycles. The summed E-state index contributed by atoms with van der Waals surface area (Å²) in [5.74, 6) is -0.329. The van der Waals surface area contributed by atoms with E-state index in [2.05, 4.69) is 12.2 Å².